The molecular formula is C14H18BrNO4S. The molecule has 0 spiro atoms. The number of carboxylic acid groups (broad SMARTS) is 1. The van der Waals surface area contributed by atoms with E-state index in [0.717, 1.165) is 19.3 Å². The molecule has 21 heavy (non-hydrogen) atoms. The summed E-state index contributed by atoms with van der Waals surface area (Å²) in [6.45, 7) is 3.10. The normalized spacial score (nSPS) is 21.0. The van der Waals surface area contributed by atoms with Crippen molar-refractivity contribution in [2.75, 3.05) is 13.1 Å². The smallest absolute Gasteiger partial charge is 0.336 e. The fourth-order valence-electron chi connectivity index (χ4n) is 2.45. The number of hydrogen-bond acceptors (Lipinski definition) is 3. The Hall–Kier alpha value is -0.920. The number of carboxylic acids is 1. The van der Waals surface area contributed by atoms with Crippen molar-refractivity contribution in [1.82, 2.24) is 4.31 Å². The number of hydrogen-bond donors (Lipinski definition) is 1. The van der Waals surface area contributed by atoms with E-state index in [0.29, 0.717) is 23.5 Å². The summed E-state index contributed by atoms with van der Waals surface area (Å²) in [6.07, 6.45) is 2.69. The van der Waals surface area contributed by atoms with Gasteiger partial charge in [-0.1, -0.05) is 6.92 Å². The number of carbonyl (C=O) groups is 1. The molecule has 0 aliphatic carbocycles. The van der Waals surface area contributed by atoms with E-state index in [1.165, 1.54) is 22.5 Å². The third kappa shape index (κ3) is 3.64. The fraction of sp³-hybridized carbons (Fsp3) is 0.500. The van der Waals surface area contributed by atoms with E-state index in [2.05, 4.69) is 22.9 Å². The van der Waals surface area contributed by atoms with Crippen molar-refractivity contribution in [2.45, 2.75) is 31.1 Å². The Kier molecular flexibility index (Phi) is 5.06. The Balaban J connectivity index is 2.35. The molecule has 0 saturated carbocycles. The van der Waals surface area contributed by atoms with Gasteiger partial charge in [-0.05, 0) is 59.3 Å². The lowest BCUT2D eigenvalue weighted by molar-refractivity contribution is 0.0695. The Morgan fingerprint density at radius 2 is 2.05 bits per heavy atom. The lowest BCUT2D eigenvalue weighted by atomic mass is 10.0. The summed E-state index contributed by atoms with van der Waals surface area (Å²) in [7, 11) is -3.63. The standard InChI is InChI=1S/C14H18BrNO4S/c1-10-3-2-7-16(8-6-10)21(19,20)11-4-5-13(15)12(9-11)14(17)18/h4-5,9-10H,2-3,6-8H2,1H3,(H,17,18). The van der Waals surface area contributed by atoms with Crippen molar-refractivity contribution in [2.24, 2.45) is 5.92 Å². The first-order valence-electron chi connectivity index (χ1n) is 6.85. The van der Waals surface area contributed by atoms with E-state index in [9.17, 15) is 13.2 Å². The summed E-state index contributed by atoms with van der Waals surface area (Å²) in [5.41, 5.74) is -0.0423. The van der Waals surface area contributed by atoms with Crippen LogP contribution in [0.25, 0.3) is 0 Å². The molecule has 0 bridgehead atoms. The van der Waals surface area contributed by atoms with Crippen LogP contribution in [-0.2, 0) is 10.0 Å². The predicted molar refractivity (Wildman–Crippen MR) is 82.9 cm³/mol. The molecule has 7 heteroatoms. The van der Waals surface area contributed by atoms with Crippen molar-refractivity contribution < 1.29 is 18.3 Å². The first kappa shape index (κ1) is 16.5. The van der Waals surface area contributed by atoms with E-state index in [-0.39, 0.29) is 10.5 Å². The highest BCUT2D eigenvalue weighted by Gasteiger charge is 2.27. The van der Waals surface area contributed by atoms with Gasteiger partial charge in [0.25, 0.3) is 0 Å². The van der Waals surface area contributed by atoms with Crippen molar-refractivity contribution in [3.8, 4) is 0 Å². The highest BCUT2D eigenvalue weighted by atomic mass is 79.9. The molecule has 1 N–H and O–H groups in total. The fourth-order valence-corrected chi connectivity index (χ4v) is 4.39. The molecule has 2 rings (SSSR count). The van der Waals surface area contributed by atoms with Crippen LogP contribution in [0.5, 0.6) is 0 Å². The van der Waals surface area contributed by atoms with Gasteiger partial charge in [0, 0.05) is 17.6 Å². The molecule has 1 aromatic carbocycles. The lowest BCUT2D eigenvalue weighted by Crippen LogP contribution is -2.32. The summed E-state index contributed by atoms with van der Waals surface area (Å²) in [5, 5.41) is 9.11. The van der Waals surface area contributed by atoms with Crippen molar-refractivity contribution in [3.05, 3.63) is 28.2 Å². The minimum absolute atomic E-state index is 0.0395. The van der Waals surface area contributed by atoms with Crippen LogP contribution in [0.4, 0.5) is 0 Å². The molecule has 0 amide bonds. The van der Waals surface area contributed by atoms with Crippen LogP contribution in [0.2, 0.25) is 0 Å². The molecule has 1 aromatic rings. The number of aromatic carboxylic acids is 1. The average Bonchev–Trinajstić information content (AvgIpc) is 2.63. The van der Waals surface area contributed by atoms with Gasteiger partial charge in [0.15, 0.2) is 0 Å². The highest BCUT2D eigenvalue weighted by molar-refractivity contribution is 9.10. The lowest BCUT2D eigenvalue weighted by Gasteiger charge is -2.20. The maximum atomic E-state index is 12.7. The Morgan fingerprint density at radius 3 is 2.71 bits per heavy atom. The Bertz CT molecular complexity index is 644. The molecule has 0 radical (unpaired) electrons. The largest absolute Gasteiger partial charge is 0.478 e. The SMILES string of the molecule is CC1CCCN(S(=O)(=O)c2ccc(Br)c(C(=O)O)c2)CC1. The molecule has 1 aliphatic rings. The van der Waals surface area contributed by atoms with Gasteiger partial charge in [0.1, 0.15) is 0 Å². The van der Waals surface area contributed by atoms with E-state index >= 15 is 0 Å². The van der Waals surface area contributed by atoms with Gasteiger partial charge < -0.3 is 5.11 Å². The summed E-state index contributed by atoms with van der Waals surface area (Å²) < 4.78 is 27.1. The third-order valence-corrected chi connectivity index (χ3v) is 6.37. The van der Waals surface area contributed by atoms with E-state index in [4.69, 9.17) is 5.11 Å². The summed E-state index contributed by atoms with van der Waals surface area (Å²) in [5.74, 6) is -0.631. The second-order valence-electron chi connectivity index (χ2n) is 5.39. The van der Waals surface area contributed by atoms with Crippen LogP contribution in [0, 0.1) is 5.92 Å². The number of nitrogens with zero attached hydrogens (tertiary/aromatic N) is 1. The van der Waals surface area contributed by atoms with Crippen LogP contribution in [0.3, 0.4) is 0 Å². The second-order valence-corrected chi connectivity index (χ2v) is 8.18. The van der Waals surface area contributed by atoms with E-state index < -0.39 is 16.0 Å². The maximum absolute atomic E-state index is 12.7. The van der Waals surface area contributed by atoms with Crippen molar-refractivity contribution in [3.63, 3.8) is 0 Å². The molecule has 1 heterocycles. The zero-order chi connectivity index (χ0) is 15.6. The first-order chi connectivity index (χ1) is 9.82. The van der Waals surface area contributed by atoms with Crippen LogP contribution in [0.1, 0.15) is 36.5 Å². The van der Waals surface area contributed by atoms with Crippen LogP contribution >= 0.6 is 15.9 Å². The van der Waals surface area contributed by atoms with Crippen molar-refractivity contribution in [1.29, 1.82) is 0 Å². The molecule has 5 nitrogen and oxygen atoms in total. The Morgan fingerprint density at radius 1 is 1.33 bits per heavy atom. The average molecular weight is 376 g/mol. The zero-order valence-electron chi connectivity index (χ0n) is 11.8. The quantitative estimate of drug-likeness (QED) is 0.880. The molecule has 1 atom stereocenters. The number of sulfonamides is 1. The summed E-state index contributed by atoms with van der Waals surface area (Å²) >= 11 is 3.12. The monoisotopic (exact) mass is 375 g/mol. The predicted octanol–water partition coefficient (Wildman–Crippen LogP) is 2.96. The number of halogens is 1. The Labute approximate surface area is 133 Å². The van der Waals surface area contributed by atoms with E-state index in [1.54, 1.807) is 0 Å². The number of rotatable bonds is 3. The maximum Gasteiger partial charge on any atom is 0.336 e. The minimum Gasteiger partial charge on any atom is -0.478 e. The number of benzene rings is 1. The molecule has 0 aromatic heterocycles. The van der Waals surface area contributed by atoms with Crippen LogP contribution in [0.15, 0.2) is 27.6 Å². The van der Waals surface area contributed by atoms with Gasteiger partial charge in [-0.25, -0.2) is 13.2 Å². The summed E-state index contributed by atoms with van der Waals surface area (Å²) in [4.78, 5) is 11.2. The van der Waals surface area contributed by atoms with Crippen LogP contribution < -0.4 is 0 Å². The second kappa shape index (κ2) is 6.46. The zero-order valence-corrected chi connectivity index (χ0v) is 14.2. The van der Waals surface area contributed by atoms with E-state index in [1.807, 2.05) is 0 Å². The van der Waals surface area contributed by atoms with Gasteiger partial charge in [-0.3, -0.25) is 0 Å². The molecule has 116 valence electrons. The first-order valence-corrected chi connectivity index (χ1v) is 9.08. The van der Waals surface area contributed by atoms with Gasteiger partial charge in [-0.2, -0.15) is 4.31 Å². The van der Waals surface area contributed by atoms with Gasteiger partial charge in [-0.15, -0.1) is 0 Å². The van der Waals surface area contributed by atoms with Crippen LogP contribution in [-0.4, -0.2) is 36.9 Å². The minimum atomic E-state index is -3.63. The molecular weight excluding hydrogens is 358 g/mol. The molecule has 1 aliphatic heterocycles. The topological polar surface area (TPSA) is 74.7 Å². The van der Waals surface area contributed by atoms with Crippen molar-refractivity contribution >= 4 is 31.9 Å². The van der Waals surface area contributed by atoms with Gasteiger partial charge in [0.05, 0.1) is 10.5 Å². The van der Waals surface area contributed by atoms with Gasteiger partial charge >= 0.3 is 5.97 Å². The van der Waals surface area contributed by atoms with Gasteiger partial charge in [0.2, 0.25) is 10.0 Å². The summed E-state index contributed by atoms with van der Waals surface area (Å²) in [6, 6.07) is 4.13. The molecule has 1 fully saturated rings. The molecule has 1 unspecified atom stereocenters. The highest BCUT2D eigenvalue weighted by Crippen LogP contribution is 2.26. The third-order valence-electron chi connectivity index (χ3n) is 3.78. The molecule has 1 saturated heterocycles.